The zero-order chi connectivity index (χ0) is 11.5. The first kappa shape index (κ1) is 12.1. The summed E-state index contributed by atoms with van der Waals surface area (Å²) in [6, 6.07) is 4.65. The Bertz CT molecular complexity index is 382. The lowest BCUT2D eigenvalue weighted by Crippen LogP contribution is -2.16. The van der Waals surface area contributed by atoms with Gasteiger partial charge in [0.05, 0.1) is 0 Å². The molecular weight excluding hydrogens is 291 g/mol. The highest BCUT2D eigenvalue weighted by Gasteiger charge is 2.23. The van der Waals surface area contributed by atoms with Gasteiger partial charge in [0.1, 0.15) is 11.6 Å². The summed E-state index contributed by atoms with van der Waals surface area (Å²) < 4.78 is 13.8. The molecule has 0 N–H and O–H groups in total. The van der Waals surface area contributed by atoms with E-state index >= 15 is 0 Å². The predicted octanol–water partition coefficient (Wildman–Crippen LogP) is 3.45. The van der Waals surface area contributed by atoms with Gasteiger partial charge < -0.3 is 0 Å². The van der Waals surface area contributed by atoms with Crippen LogP contribution in [0.3, 0.4) is 0 Å². The number of thioether (sulfide) groups is 1. The molecule has 1 fully saturated rings. The van der Waals surface area contributed by atoms with Gasteiger partial charge in [-0.2, -0.15) is 11.8 Å². The molecule has 1 aromatic carbocycles. The Hall–Kier alpha value is -0.350. The number of benzene rings is 1. The zero-order valence-corrected chi connectivity index (χ0v) is 11.1. The van der Waals surface area contributed by atoms with Crippen LogP contribution < -0.4 is 0 Å². The number of hydrogen-bond donors (Lipinski definition) is 0. The molecule has 1 heterocycles. The fraction of sp³-hybridized carbons (Fsp3) is 0.417. The van der Waals surface area contributed by atoms with Gasteiger partial charge in [0.15, 0.2) is 0 Å². The van der Waals surface area contributed by atoms with Gasteiger partial charge in [-0.15, -0.1) is 0 Å². The molecular formula is C12H12BrFOS. The van der Waals surface area contributed by atoms with Gasteiger partial charge in [0, 0.05) is 22.6 Å². The van der Waals surface area contributed by atoms with Crippen LogP contribution in [0.4, 0.5) is 4.39 Å². The Labute approximate surface area is 107 Å². The van der Waals surface area contributed by atoms with Crippen LogP contribution in [0.15, 0.2) is 22.7 Å². The van der Waals surface area contributed by atoms with E-state index in [0.717, 1.165) is 23.5 Å². The third-order valence-corrected chi connectivity index (χ3v) is 4.31. The number of Topliss-reactive ketones (excluding diaryl/α,β-unsaturated/α-hetero) is 1. The SMILES string of the molecule is O=C(Cc1cc(F)cc(Br)c1)C1CCSC1. The van der Waals surface area contributed by atoms with E-state index in [9.17, 15) is 9.18 Å². The van der Waals surface area contributed by atoms with E-state index in [-0.39, 0.29) is 17.5 Å². The molecule has 1 atom stereocenters. The molecule has 1 aromatic rings. The van der Waals surface area contributed by atoms with Crippen molar-refractivity contribution in [2.45, 2.75) is 12.8 Å². The van der Waals surface area contributed by atoms with Gasteiger partial charge in [-0.05, 0) is 35.9 Å². The fourth-order valence-corrected chi connectivity index (χ4v) is 3.61. The summed E-state index contributed by atoms with van der Waals surface area (Å²) in [7, 11) is 0. The second-order valence-electron chi connectivity index (χ2n) is 3.98. The van der Waals surface area contributed by atoms with Crippen LogP contribution in [-0.2, 0) is 11.2 Å². The predicted molar refractivity (Wildman–Crippen MR) is 68.2 cm³/mol. The molecule has 1 nitrogen and oxygen atoms in total. The van der Waals surface area contributed by atoms with Crippen molar-refractivity contribution in [3.05, 3.63) is 34.1 Å². The Balaban J connectivity index is 2.05. The van der Waals surface area contributed by atoms with E-state index in [1.807, 2.05) is 17.8 Å². The van der Waals surface area contributed by atoms with Gasteiger partial charge in [-0.25, -0.2) is 4.39 Å². The Morgan fingerprint density at radius 3 is 2.94 bits per heavy atom. The van der Waals surface area contributed by atoms with Crippen molar-refractivity contribution in [3.8, 4) is 0 Å². The zero-order valence-electron chi connectivity index (χ0n) is 8.71. The summed E-state index contributed by atoms with van der Waals surface area (Å²) in [6.45, 7) is 0. The van der Waals surface area contributed by atoms with Crippen molar-refractivity contribution in [2.24, 2.45) is 5.92 Å². The lowest BCUT2D eigenvalue weighted by atomic mass is 9.97. The number of ketones is 1. The van der Waals surface area contributed by atoms with Crippen LogP contribution >= 0.6 is 27.7 Å². The third-order valence-electron chi connectivity index (χ3n) is 2.69. The number of halogens is 2. The molecule has 1 saturated heterocycles. The van der Waals surface area contributed by atoms with Gasteiger partial charge in [0.2, 0.25) is 0 Å². The highest BCUT2D eigenvalue weighted by Crippen LogP contribution is 2.25. The minimum Gasteiger partial charge on any atom is -0.299 e. The molecule has 16 heavy (non-hydrogen) atoms. The van der Waals surface area contributed by atoms with E-state index in [0.29, 0.717) is 10.9 Å². The monoisotopic (exact) mass is 302 g/mol. The largest absolute Gasteiger partial charge is 0.299 e. The maximum atomic E-state index is 13.1. The molecule has 86 valence electrons. The van der Waals surface area contributed by atoms with Crippen LogP contribution in [0.5, 0.6) is 0 Å². The molecule has 0 amide bonds. The first-order chi connectivity index (χ1) is 7.65. The average molecular weight is 303 g/mol. The normalized spacial score (nSPS) is 20.0. The first-order valence-corrected chi connectivity index (χ1v) is 7.15. The second-order valence-corrected chi connectivity index (χ2v) is 6.05. The van der Waals surface area contributed by atoms with Gasteiger partial charge in [-0.3, -0.25) is 4.79 Å². The molecule has 0 saturated carbocycles. The second kappa shape index (κ2) is 5.32. The molecule has 1 aliphatic rings. The van der Waals surface area contributed by atoms with Crippen LogP contribution in [-0.4, -0.2) is 17.3 Å². The van der Waals surface area contributed by atoms with Crippen molar-refractivity contribution in [1.82, 2.24) is 0 Å². The van der Waals surface area contributed by atoms with Crippen LogP contribution in [0.25, 0.3) is 0 Å². The van der Waals surface area contributed by atoms with Crippen LogP contribution in [0, 0.1) is 11.7 Å². The number of hydrogen-bond acceptors (Lipinski definition) is 2. The standard InChI is InChI=1S/C12H12BrFOS/c13-10-3-8(4-11(14)6-10)5-12(15)9-1-2-16-7-9/h3-4,6,9H,1-2,5,7H2. The highest BCUT2D eigenvalue weighted by molar-refractivity contribution is 9.10. The summed E-state index contributed by atoms with van der Waals surface area (Å²) in [6.07, 6.45) is 1.32. The molecule has 1 unspecified atom stereocenters. The number of carbonyl (C=O) groups excluding carboxylic acids is 1. The van der Waals surface area contributed by atoms with Crippen molar-refractivity contribution in [3.63, 3.8) is 0 Å². The van der Waals surface area contributed by atoms with Crippen molar-refractivity contribution in [2.75, 3.05) is 11.5 Å². The van der Waals surface area contributed by atoms with Crippen molar-refractivity contribution >= 4 is 33.5 Å². The molecule has 1 aliphatic heterocycles. The van der Waals surface area contributed by atoms with Crippen LogP contribution in [0.1, 0.15) is 12.0 Å². The van der Waals surface area contributed by atoms with Gasteiger partial charge in [-0.1, -0.05) is 15.9 Å². The summed E-state index contributed by atoms with van der Waals surface area (Å²) >= 11 is 5.05. The van der Waals surface area contributed by atoms with Gasteiger partial charge >= 0.3 is 0 Å². The summed E-state index contributed by atoms with van der Waals surface area (Å²) in [5, 5.41) is 0. The lowest BCUT2D eigenvalue weighted by molar-refractivity contribution is -0.121. The Kier molecular flexibility index (Phi) is 4.03. The van der Waals surface area contributed by atoms with E-state index in [1.165, 1.54) is 12.1 Å². The quantitative estimate of drug-likeness (QED) is 0.851. The van der Waals surface area contributed by atoms with Crippen LogP contribution in [0.2, 0.25) is 0 Å². The lowest BCUT2D eigenvalue weighted by Gasteiger charge is -2.07. The fourth-order valence-electron chi connectivity index (χ4n) is 1.85. The maximum Gasteiger partial charge on any atom is 0.141 e. The first-order valence-electron chi connectivity index (χ1n) is 5.20. The van der Waals surface area contributed by atoms with Gasteiger partial charge in [0.25, 0.3) is 0 Å². The third kappa shape index (κ3) is 3.08. The maximum absolute atomic E-state index is 13.1. The summed E-state index contributed by atoms with van der Waals surface area (Å²) in [4.78, 5) is 11.9. The molecule has 0 spiro atoms. The molecule has 4 heteroatoms. The molecule has 0 bridgehead atoms. The molecule has 0 aromatic heterocycles. The minimum absolute atomic E-state index is 0.173. The summed E-state index contributed by atoms with van der Waals surface area (Å²) in [5.74, 6) is 2.12. The Morgan fingerprint density at radius 2 is 2.31 bits per heavy atom. The van der Waals surface area contributed by atoms with Crippen molar-refractivity contribution < 1.29 is 9.18 Å². The molecule has 2 rings (SSSR count). The highest BCUT2D eigenvalue weighted by atomic mass is 79.9. The smallest absolute Gasteiger partial charge is 0.141 e. The Morgan fingerprint density at radius 1 is 1.50 bits per heavy atom. The van der Waals surface area contributed by atoms with E-state index in [1.54, 1.807) is 0 Å². The van der Waals surface area contributed by atoms with E-state index in [2.05, 4.69) is 15.9 Å². The number of carbonyl (C=O) groups is 1. The topological polar surface area (TPSA) is 17.1 Å². The summed E-state index contributed by atoms with van der Waals surface area (Å²) in [5.41, 5.74) is 0.758. The van der Waals surface area contributed by atoms with Crippen molar-refractivity contribution in [1.29, 1.82) is 0 Å². The average Bonchev–Trinajstić information content (AvgIpc) is 2.68. The minimum atomic E-state index is -0.294. The number of rotatable bonds is 3. The molecule has 0 radical (unpaired) electrons. The van der Waals surface area contributed by atoms with E-state index < -0.39 is 0 Å². The molecule has 0 aliphatic carbocycles. The van der Waals surface area contributed by atoms with E-state index in [4.69, 9.17) is 0 Å².